The molecule has 0 saturated carbocycles. The van der Waals surface area contributed by atoms with Crippen LogP contribution >= 0.6 is 0 Å². The number of fused-ring (bicyclic) bond motifs is 1. The highest BCUT2D eigenvalue weighted by atomic mass is 16.5. The molecule has 2 rings (SSSR count). The average Bonchev–Trinajstić information content (AvgIpc) is 2.76. The summed E-state index contributed by atoms with van der Waals surface area (Å²) in [5, 5.41) is 6.02. The molecule has 0 aliphatic carbocycles. The second-order valence-corrected chi connectivity index (χ2v) is 4.07. The molecule has 0 fully saturated rings. The first-order chi connectivity index (χ1) is 8.29. The minimum absolute atomic E-state index is 0.0461. The highest BCUT2D eigenvalue weighted by Crippen LogP contribution is 2.27. The number of anilines is 1. The van der Waals surface area contributed by atoms with Crippen LogP contribution in [0.3, 0.4) is 0 Å². The van der Waals surface area contributed by atoms with Crippen LogP contribution in [0.25, 0.3) is 0 Å². The third-order valence-corrected chi connectivity index (χ3v) is 2.75. The summed E-state index contributed by atoms with van der Waals surface area (Å²) in [6.45, 7) is 4.38. The summed E-state index contributed by atoms with van der Waals surface area (Å²) in [6.07, 6.45) is 1.43. The number of nitrogens with one attached hydrogen (secondary N) is 2. The maximum atomic E-state index is 11.6. The van der Waals surface area contributed by atoms with Crippen LogP contribution in [0.4, 0.5) is 5.69 Å². The van der Waals surface area contributed by atoms with E-state index in [0.29, 0.717) is 6.42 Å². The lowest BCUT2D eigenvalue weighted by atomic mass is 10.1. The summed E-state index contributed by atoms with van der Waals surface area (Å²) in [5.74, 6) is 0.987. The van der Waals surface area contributed by atoms with Crippen molar-refractivity contribution in [3.63, 3.8) is 0 Å². The fourth-order valence-electron chi connectivity index (χ4n) is 1.87. The number of carbonyl (C=O) groups excluding carboxylic acids is 1. The molecule has 17 heavy (non-hydrogen) atoms. The molecule has 0 saturated heterocycles. The van der Waals surface area contributed by atoms with Gasteiger partial charge in [-0.05, 0) is 30.3 Å². The van der Waals surface area contributed by atoms with Gasteiger partial charge in [0, 0.05) is 25.1 Å². The van der Waals surface area contributed by atoms with Gasteiger partial charge < -0.3 is 15.4 Å². The summed E-state index contributed by atoms with van der Waals surface area (Å²) in [7, 11) is 0. The maximum absolute atomic E-state index is 11.6. The first-order valence-corrected chi connectivity index (χ1v) is 6.06. The van der Waals surface area contributed by atoms with Crippen LogP contribution < -0.4 is 15.4 Å². The molecule has 4 heteroatoms. The lowest BCUT2D eigenvalue weighted by Crippen LogP contribution is -2.21. The summed E-state index contributed by atoms with van der Waals surface area (Å²) < 4.78 is 5.42. The van der Waals surface area contributed by atoms with Crippen molar-refractivity contribution in [3.8, 4) is 5.75 Å². The summed E-state index contributed by atoms with van der Waals surface area (Å²) >= 11 is 0. The molecule has 0 bridgehead atoms. The Morgan fingerprint density at radius 1 is 1.47 bits per heavy atom. The predicted molar refractivity (Wildman–Crippen MR) is 67.4 cm³/mol. The average molecular weight is 234 g/mol. The van der Waals surface area contributed by atoms with Crippen LogP contribution in [0.1, 0.15) is 18.9 Å². The molecule has 0 unspecified atom stereocenters. The maximum Gasteiger partial charge on any atom is 0.225 e. The van der Waals surface area contributed by atoms with Crippen LogP contribution in [0.15, 0.2) is 18.2 Å². The Morgan fingerprint density at radius 2 is 2.35 bits per heavy atom. The van der Waals surface area contributed by atoms with Crippen LogP contribution in [0, 0.1) is 0 Å². The van der Waals surface area contributed by atoms with Crippen molar-refractivity contribution in [3.05, 3.63) is 23.8 Å². The quantitative estimate of drug-likeness (QED) is 0.760. The number of hydrogen-bond donors (Lipinski definition) is 2. The Balaban J connectivity index is 1.88. The lowest BCUT2D eigenvalue weighted by molar-refractivity contribution is -0.116. The molecule has 1 heterocycles. The molecule has 1 aromatic rings. The second kappa shape index (κ2) is 5.68. The highest BCUT2D eigenvalue weighted by Gasteiger charge is 2.12. The Morgan fingerprint density at radius 3 is 3.18 bits per heavy atom. The second-order valence-electron chi connectivity index (χ2n) is 4.07. The Labute approximate surface area is 101 Å². The van der Waals surface area contributed by atoms with Crippen molar-refractivity contribution in [2.24, 2.45) is 0 Å². The van der Waals surface area contributed by atoms with Crippen molar-refractivity contribution in [1.82, 2.24) is 5.32 Å². The monoisotopic (exact) mass is 234 g/mol. The molecule has 2 N–H and O–H groups in total. The highest BCUT2D eigenvalue weighted by molar-refractivity contribution is 5.91. The zero-order chi connectivity index (χ0) is 12.1. The lowest BCUT2D eigenvalue weighted by Gasteiger charge is -2.07. The molecule has 0 aromatic heterocycles. The van der Waals surface area contributed by atoms with Crippen molar-refractivity contribution in [1.29, 1.82) is 0 Å². The first-order valence-electron chi connectivity index (χ1n) is 6.06. The number of carbonyl (C=O) groups is 1. The molecule has 1 aliphatic heterocycles. The molecule has 4 nitrogen and oxygen atoms in total. The molecular weight excluding hydrogens is 216 g/mol. The van der Waals surface area contributed by atoms with E-state index in [0.717, 1.165) is 37.6 Å². The van der Waals surface area contributed by atoms with Gasteiger partial charge in [0.15, 0.2) is 0 Å². The van der Waals surface area contributed by atoms with Crippen molar-refractivity contribution < 1.29 is 9.53 Å². The summed E-state index contributed by atoms with van der Waals surface area (Å²) in [6, 6.07) is 5.80. The van der Waals surface area contributed by atoms with Crippen LogP contribution in [-0.2, 0) is 11.2 Å². The third kappa shape index (κ3) is 3.20. The van der Waals surface area contributed by atoms with Gasteiger partial charge in [-0.1, -0.05) is 6.92 Å². The Kier molecular flexibility index (Phi) is 3.98. The van der Waals surface area contributed by atoms with E-state index in [1.54, 1.807) is 0 Å². The van der Waals surface area contributed by atoms with Gasteiger partial charge in [-0.2, -0.15) is 0 Å². The van der Waals surface area contributed by atoms with Gasteiger partial charge in [0.25, 0.3) is 0 Å². The number of rotatable bonds is 5. The van der Waals surface area contributed by atoms with Gasteiger partial charge in [-0.3, -0.25) is 4.79 Å². The zero-order valence-corrected chi connectivity index (χ0v) is 10.1. The van der Waals surface area contributed by atoms with Crippen molar-refractivity contribution >= 4 is 11.6 Å². The molecule has 1 aromatic carbocycles. The van der Waals surface area contributed by atoms with Crippen LogP contribution in [0.2, 0.25) is 0 Å². The normalized spacial score (nSPS) is 13.0. The van der Waals surface area contributed by atoms with E-state index in [9.17, 15) is 4.79 Å². The Bertz CT molecular complexity index is 404. The smallest absolute Gasteiger partial charge is 0.225 e. The molecule has 1 aliphatic rings. The van der Waals surface area contributed by atoms with E-state index in [1.807, 2.05) is 25.1 Å². The van der Waals surface area contributed by atoms with E-state index in [4.69, 9.17) is 4.74 Å². The van der Waals surface area contributed by atoms with Crippen molar-refractivity contribution in [2.75, 3.05) is 25.0 Å². The van der Waals surface area contributed by atoms with Gasteiger partial charge in [-0.15, -0.1) is 0 Å². The minimum Gasteiger partial charge on any atom is -0.493 e. The number of benzene rings is 1. The van der Waals surface area contributed by atoms with Crippen molar-refractivity contribution in [2.45, 2.75) is 19.8 Å². The topological polar surface area (TPSA) is 50.4 Å². The van der Waals surface area contributed by atoms with E-state index < -0.39 is 0 Å². The fraction of sp³-hybridized carbons (Fsp3) is 0.462. The van der Waals surface area contributed by atoms with E-state index in [-0.39, 0.29) is 5.91 Å². The van der Waals surface area contributed by atoms with E-state index >= 15 is 0 Å². The molecular formula is C13H18N2O2. The molecule has 92 valence electrons. The molecule has 0 radical (unpaired) electrons. The van der Waals surface area contributed by atoms with Gasteiger partial charge in [0.05, 0.1) is 6.61 Å². The van der Waals surface area contributed by atoms with Gasteiger partial charge in [-0.25, -0.2) is 0 Å². The zero-order valence-electron chi connectivity index (χ0n) is 10.1. The van der Waals surface area contributed by atoms with Gasteiger partial charge >= 0.3 is 0 Å². The van der Waals surface area contributed by atoms with Crippen LogP contribution in [-0.4, -0.2) is 25.6 Å². The first kappa shape index (κ1) is 11.9. The van der Waals surface area contributed by atoms with E-state index in [2.05, 4.69) is 10.6 Å². The Hall–Kier alpha value is -1.55. The third-order valence-electron chi connectivity index (χ3n) is 2.75. The van der Waals surface area contributed by atoms with E-state index in [1.165, 1.54) is 5.56 Å². The number of amides is 1. The molecule has 0 atom stereocenters. The van der Waals surface area contributed by atoms with Gasteiger partial charge in [0.2, 0.25) is 5.91 Å². The van der Waals surface area contributed by atoms with Gasteiger partial charge in [0.1, 0.15) is 5.75 Å². The fourth-order valence-corrected chi connectivity index (χ4v) is 1.87. The molecule has 0 spiro atoms. The standard InChI is InChI=1S/C13H18N2O2/c1-2-14-7-5-13(16)15-11-3-4-12-10(9-11)6-8-17-12/h3-4,9,14H,2,5-8H2,1H3,(H,15,16). The van der Waals surface area contributed by atoms with Crippen LogP contribution in [0.5, 0.6) is 5.75 Å². The molecule has 1 amide bonds. The summed E-state index contributed by atoms with van der Waals surface area (Å²) in [5.41, 5.74) is 2.03. The summed E-state index contributed by atoms with van der Waals surface area (Å²) in [4.78, 5) is 11.6. The SMILES string of the molecule is CCNCCC(=O)Nc1ccc2c(c1)CCO2. The minimum atomic E-state index is 0.0461. The number of hydrogen-bond acceptors (Lipinski definition) is 3. The predicted octanol–water partition coefficient (Wildman–Crippen LogP) is 1.56. The number of ether oxygens (including phenoxy) is 1. The largest absolute Gasteiger partial charge is 0.493 e.